The molecule has 1 rings (SSSR count). The predicted molar refractivity (Wildman–Crippen MR) is 59.8 cm³/mol. The van der Waals surface area contributed by atoms with E-state index in [1.807, 2.05) is 18.4 Å². The van der Waals surface area contributed by atoms with Crippen LogP contribution in [0.3, 0.4) is 0 Å². The Kier molecular flexibility index (Phi) is 4.05. The van der Waals surface area contributed by atoms with E-state index in [0.717, 1.165) is 10.4 Å². The number of thiophene rings is 1. The van der Waals surface area contributed by atoms with Gasteiger partial charge < -0.3 is 9.84 Å². The van der Waals surface area contributed by atoms with E-state index < -0.39 is 12.1 Å². The molecule has 0 saturated heterocycles. The molecule has 0 spiro atoms. The Hall–Kier alpha value is -1.13. The van der Waals surface area contributed by atoms with Crippen LogP contribution in [0.1, 0.15) is 23.5 Å². The van der Waals surface area contributed by atoms with E-state index in [1.54, 1.807) is 6.92 Å². The zero-order chi connectivity index (χ0) is 11.4. The topological polar surface area (TPSA) is 46.5 Å². The summed E-state index contributed by atoms with van der Waals surface area (Å²) in [6.07, 6.45) is -0.955. The predicted octanol–water partition coefficient (Wildman–Crippen LogP) is 2.21. The van der Waals surface area contributed by atoms with Crippen LogP contribution in [0, 0.1) is 6.92 Å². The van der Waals surface area contributed by atoms with Gasteiger partial charge in [-0.15, -0.1) is 11.3 Å². The smallest absolute Gasteiger partial charge is 0.336 e. The molecule has 0 fully saturated rings. The molecule has 1 N–H and O–H groups in total. The summed E-state index contributed by atoms with van der Waals surface area (Å²) < 4.78 is 4.77. The summed E-state index contributed by atoms with van der Waals surface area (Å²) in [7, 11) is 0. The Morgan fingerprint density at radius 2 is 2.40 bits per heavy atom. The molecule has 1 aromatic rings. The zero-order valence-electron chi connectivity index (χ0n) is 8.82. The molecule has 3 nitrogen and oxygen atoms in total. The summed E-state index contributed by atoms with van der Waals surface area (Å²) >= 11 is 1.40. The molecule has 1 aromatic heterocycles. The van der Waals surface area contributed by atoms with Crippen molar-refractivity contribution in [3.63, 3.8) is 0 Å². The van der Waals surface area contributed by atoms with Gasteiger partial charge in [-0.3, -0.25) is 0 Å². The second-order valence-electron chi connectivity index (χ2n) is 3.12. The van der Waals surface area contributed by atoms with Gasteiger partial charge in [-0.1, -0.05) is 6.58 Å². The number of carbonyl (C=O) groups excluding carboxylic acids is 1. The third kappa shape index (κ3) is 2.67. The standard InChI is InChI=1S/C11H14O3S/c1-4-14-11(13)8(3)9(12)10-7(2)5-6-15-10/h5-6,9,12H,3-4H2,1-2H3. The molecule has 0 aliphatic rings. The maximum Gasteiger partial charge on any atom is 0.336 e. The molecular weight excluding hydrogens is 212 g/mol. The summed E-state index contributed by atoms with van der Waals surface area (Å²) in [6, 6.07) is 1.89. The highest BCUT2D eigenvalue weighted by molar-refractivity contribution is 7.10. The van der Waals surface area contributed by atoms with Gasteiger partial charge in [0.2, 0.25) is 0 Å². The number of carbonyl (C=O) groups is 1. The van der Waals surface area contributed by atoms with Crippen LogP contribution in [0.2, 0.25) is 0 Å². The minimum Gasteiger partial charge on any atom is -0.463 e. The number of rotatable bonds is 4. The minimum absolute atomic E-state index is 0.0856. The van der Waals surface area contributed by atoms with E-state index in [1.165, 1.54) is 11.3 Å². The summed E-state index contributed by atoms with van der Waals surface area (Å²) in [5.41, 5.74) is 1.04. The van der Waals surface area contributed by atoms with Crippen LogP contribution in [-0.4, -0.2) is 17.7 Å². The number of ether oxygens (including phenoxy) is 1. The number of aryl methyl sites for hydroxylation is 1. The van der Waals surface area contributed by atoms with E-state index >= 15 is 0 Å². The van der Waals surface area contributed by atoms with Crippen molar-refractivity contribution in [2.75, 3.05) is 6.61 Å². The fourth-order valence-corrected chi connectivity index (χ4v) is 2.10. The first kappa shape index (κ1) is 11.9. The van der Waals surface area contributed by atoms with Gasteiger partial charge in [0.05, 0.1) is 12.2 Å². The van der Waals surface area contributed by atoms with Crippen LogP contribution in [0.5, 0.6) is 0 Å². The third-order valence-corrected chi connectivity index (χ3v) is 3.09. The van der Waals surface area contributed by atoms with E-state index in [2.05, 4.69) is 6.58 Å². The first-order chi connectivity index (χ1) is 7.07. The van der Waals surface area contributed by atoms with Gasteiger partial charge in [0.25, 0.3) is 0 Å². The molecule has 0 radical (unpaired) electrons. The van der Waals surface area contributed by atoms with Crippen LogP contribution in [0.15, 0.2) is 23.6 Å². The first-order valence-electron chi connectivity index (χ1n) is 4.65. The Morgan fingerprint density at radius 1 is 1.73 bits per heavy atom. The van der Waals surface area contributed by atoms with E-state index in [0.29, 0.717) is 0 Å². The molecule has 0 aromatic carbocycles. The summed E-state index contributed by atoms with van der Waals surface area (Å²) in [5.74, 6) is -0.544. The van der Waals surface area contributed by atoms with Crippen molar-refractivity contribution in [2.24, 2.45) is 0 Å². The fourth-order valence-electron chi connectivity index (χ4n) is 1.16. The molecule has 1 heterocycles. The Balaban J connectivity index is 2.77. The first-order valence-corrected chi connectivity index (χ1v) is 5.53. The molecule has 1 unspecified atom stereocenters. The molecule has 15 heavy (non-hydrogen) atoms. The van der Waals surface area contributed by atoms with E-state index in [4.69, 9.17) is 4.74 Å². The van der Waals surface area contributed by atoms with Crippen LogP contribution in [-0.2, 0) is 9.53 Å². The average molecular weight is 226 g/mol. The monoisotopic (exact) mass is 226 g/mol. The number of hydrogen-bond acceptors (Lipinski definition) is 4. The molecule has 82 valence electrons. The summed E-state index contributed by atoms with van der Waals surface area (Å²) in [5, 5.41) is 11.7. The van der Waals surface area contributed by atoms with Crippen LogP contribution >= 0.6 is 11.3 Å². The number of esters is 1. The van der Waals surface area contributed by atoms with Gasteiger partial charge in [0, 0.05) is 4.88 Å². The molecule has 0 aliphatic carbocycles. The highest BCUT2D eigenvalue weighted by atomic mass is 32.1. The summed E-state index contributed by atoms with van der Waals surface area (Å²) in [4.78, 5) is 12.1. The van der Waals surface area contributed by atoms with E-state index in [-0.39, 0.29) is 12.2 Å². The zero-order valence-corrected chi connectivity index (χ0v) is 9.63. The van der Waals surface area contributed by atoms with Gasteiger partial charge in [-0.05, 0) is 30.9 Å². The number of hydrogen-bond donors (Lipinski definition) is 1. The van der Waals surface area contributed by atoms with Crippen molar-refractivity contribution in [3.05, 3.63) is 34.0 Å². The fraction of sp³-hybridized carbons (Fsp3) is 0.364. The Labute approximate surface area is 93.0 Å². The lowest BCUT2D eigenvalue weighted by Crippen LogP contribution is -2.13. The average Bonchev–Trinajstić information content (AvgIpc) is 2.62. The summed E-state index contributed by atoms with van der Waals surface area (Å²) in [6.45, 7) is 7.44. The lowest BCUT2D eigenvalue weighted by atomic mass is 10.1. The maximum atomic E-state index is 11.3. The van der Waals surface area contributed by atoms with Gasteiger partial charge in [-0.2, -0.15) is 0 Å². The molecule has 0 amide bonds. The second kappa shape index (κ2) is 5.09. The molecule has 0 aliphatic heterocycles. The minimum atomic E-state index is -0.955. The van der Waals surface area contributed by atoms with Crippen molar-refractivity contribution in [2.45, 2.75) is 20.0 Å². The molecule has 0 saturated carbocycles. The number of aliphatic hydroxyl groups is 1. The van der Waals surface area contributed by atoms with Gasteiger partial charge in [0.1, 0.15) is 6.10 Å². The van der Waals surface area contributed by atoms with Crippen molar-refractivity contribution < 1.29 is 14.6 Å². The normalized spacial score (nSPS) is 12.2. The quantitative estimate of drug-likeness (QED) is 0.632. The number of aliphatic hydroxyl groups excluding tert-OH is 1. The largest absolute Gasteiger partial charge is 0.463 e. The van der Waals surface area contributed by atoms with E-state index in [9.17, 15) is 9.90 Å². The highest BCUT2D eigenvalue weighted by Crippen LogP contribution is 2.28. The lowest BCUT2D eigenvalue weighted by Gasteiger charge is -2.11. The van der Waals surface area contributed by atoms with Crippen LogP contribution in [0.25, 0.3) is 0 Å². The van der Waals surface area contributed by atoms with Crippen molar-refractivity contribution in [3.8, 4) is 0 Å². The Morgan fingerprint density at radius 3 is 2.87 bits per heavy atom. The van der Waals surface area contributed by atoms with Gasteiger partial charge >= 0.3 is 5.97 Å². The molecule has 1 atom stereocenters. The SMILES string of the molecule is C=C(C(=O)OCC)C(O)c1sccc1C. The molecule has 4 heteroatoms. The highest BCUT2D eigenvalue weighted by Gasteiger charge is 2.21. The molecular formula is C11H14O3S. The van der Waals surface area contributed by atoms with Crippen molar-refractivity contribution in [1.29, 1.82) is 0 Å². The lowest BCUT2D eigenvalue weighted by molar-refractivity contribution is -0.139. The van der Waals surface area contributed by atoms with Crippen LogP contribution in [0.4, 0.5) is 0 Å². The van der Waals surface area contributed by atoms with Crippen molar-refractivity contribution in [1.82, 2.24) is 0 Å². The van der Waals surface area contributed by atoms with Gasteiger partial charge in [-0.25, -0.2) is 4.79 Å². The van der Waals surface area contributed by atoms with Crippen LogP contribution < -0.4 is 0 Å². The third-order valence-electron chi connectivity index (χ3n) is 2.02. The van der Waals surface area contributed by atoms with Crippen molar-refractivity contribution >= 4 is 17.3 Å². The molecule has 0 bridgehead atoms. The maximum absolute atomic E-state index is 11.3. The second-order valence-corrected chi connectivity index (χ2v) is 4.06. The Bertz CT molecular complexity index is 368. The van der Waals surface area contributed by atoms with Gasteiger partial charge in [0.15, 0.2) is 0 Å².